The largest absolute Gasteiger partial charge is 0.474 e. The molecule has 0 spiro atoms. The Kier molecular flexibility index (Phi) is 4.42. The number of pyridine rings is 1. The zero-order valence-electron chi connectivity index (χ0n) is 12.7. The van der Waals surface area contributed by atoms with Gasteiger partial charge in [0.15, 0.2) is 0 Å². The molecule has 2 aliphatic rings. The lowest BCUT2D eigenvalue weighted by Crippen LogP contribution is -2.39. The van der Waals surface area contributed by atoms with Gasteiger partial charge < -0.3 is 10.1 Å². The molecule has 1 amide bonds. The Morgan fingerprint density at radius 1 is 1.24 bits per heavy atom. The molecule has 0 atom stereocenters. The number of carbonyl (C=O) groups excluding carboxylic acids is 1. The van der Waals surface area contributed by atoms with Gasteiger partial charge in [-0.25, -0.2) is 4.98 Å². The Labute approximate surface area is 126 Å². The predicted molar refractivity (Wildman–Crippen MR) is 81.1 cm³/mol. The topological polar surface area (TPSA) is 51.2 Å². The number of aryl methyl sites for hydroxylation is 1. The molecule has 0 unspecified atom stereocenters. The van der Waals surface area contributed by atoms with Gasteiger partial charge in [0.25, 0.3) is 0 Å². The lowest BCUT2D eigenvalue weighted by atomic mass is 9.93. The number of nitrogens with one attached hydrogen (secondary N) is 1. The van der Waals surface area contributed by atoms with Crippen LogP contribution in [0.3, 0.4) is 0 Å². The highest BCUT2D eigenvalue weighted by atomic mass is 16.5. The van der Waals surface area contributed by atoms with Gasteiger partial charge in [0, 0.05) is 24.7 Å². The monoisotopic (exact) mass is 288 g/mol. The van der Waals surface area contributed by atoms with E-state index in [1.54, 1.807) is 0 Å². The van der Waals surface area contributed by atoms with Crippen LogP contribution in [0.1, 0.15) is 50.5 Å². The lowest BCUT2D eigenvalue weighted by molar-refractivity contribution is -0.122. The summed E-state index contributed by atoms with van der Waals surface area (Å²) in [6.45, 7) is 2.02. The first-order valence-electron chi connectivity index (χ1n) is 8.08. The zero-order chi connectivity index (χ0) is 14.7. The minimum absolute atomic E-state index is 0.233. The molecule has 21 heavy (non-hydrogen) atoms. The Bertz CT molecular complexity index is 474. The Hall–Kier alpha value is -1.58. The van der Waals surface area contributed by atoms with E-state index >= 15 is 0 Å². The summed E-state index contributed by atoms with van der Waals surface area (Å²) in [7, 11) is 0. The summed E-state index contributed by atoms with van der Waals surface area (Å²) in [6.07, 6.45) is 9.25. The fourth-order valence-electron chi connectivity index (χ4n) is 2.89. The molecule has 3 rings (SSSR count). The van der Waals surface area contributed by atoms with E-state index in [0.29, 0.717) is 17.8 Å². The molecule has 1 N–H and O–H groups in total. The number of carbonyl (C=O) groups is 1. The third-order valence-electron chi connectivity index (χ3n) is 4.38. The molecule has 2 fully saturated rings. The number of aromatic nitrogens is 1. The molecule has 2 saturated carbocycles. The maximum atomic E-state index is 11.8. The van der Waals surface area contributed by atoms with E-state index < -0.39 is 0 Å². The average molecular weight is 288 g/mol. The third-order valence-corrected chi connectivity index (χ3v) is 4.38. The lowest BCUT2D eigenvalue weighted by Gasteiger charge is -2.29. The summed E-state index contributed by atoms with van der Waals surface area (Å²) in [5, 5.41) is 3.17. The summed E-state index contributed by atoms with van der Waals surface area (Å²) >= 11 is 0. The minimum Gasteiger partial charge on any atom is -0.474 e. The third kappa shape index (κ3) is 4.45. The molecular weight excluding hydrogens is 264 g/mol. The Morgan fingerprint density at radius 3 is 2.62 bits per heavy atom. The number of hydrogen-bond acceptors (Lipinski definition) is 3. The zero-order valence-corrected chi connectivity index (χ0v) is 12.7. The molecule has 1 aromatic heterocycles. The van der Waals surface area contributed by atoms with Crippen molar-refractivity contribution >= 4 is 5.91 Å². The fourth-order valence-corrected chi connectivity index (χ4v) is 2.89. The molecule has 1 heterocycles. The highest BCUT2D eigenvalue weighted by molar-refractivity contribution is 5.76. The van der Waals surface area contributed by atoms with Gasteiger partial charge in [-0.05, 0) is 56.9 Å². The van der Waals surface area contributed by atoms with Crippen molar-refractivity contribution in [2.24, 2.45) is 5.92 Å². The van der Waals surface area contributed by atoms with Crippen LogP contribution in [0.2, 0.25) is 0 Å². The van der Waals surface area contributed by atoms with Gasteiger partial charge in [-0.3, -0.25) is 4.79 Å². The van der Waals surface area contributed by atoms with Crippen LogP contribution < -0.4 is 10.1 Å². The molecule has 0 aliphatic heterocycles. The van der Waals surface area contributed by atoms with Crippen LogP contribution in [0.4, 0.5) is 0 Å². The summed E-state index contributed by atoms with van der Waals surface area (Å²) < 4.78 is 5.91. The molecule has 4 heteroatoms. The van der Waals surface area contributed by atoms with Gasteiger partial charge in [0.2, 0.25) is 11.8 Å². The van der Waals surface area contributed by atoms with Crippen LogP contribution >= 0.6 is 0 Å². The van der Waals surface area contributed by atoms with Crippen LogP contribution in [-0.4, -0.2) is 23.0 Å². The first-order chi connectivity index (χ1) is 10.2. The van der Waals surface area contributed by atoms with Gasteiger partial charge in [0.05, 0.1) is 0 Å². The summed E-state index contributed by atoms with van der Waals surface area (Å²) in [5.41, 5.74) is 1.14. The smallest absolute Gasteiger partial charge is 0.220 e. The Morgan fingerprint density at radius 2 is 2.00 bits per heavy atom. The first kappa shape index (κ1) is 14.4. The number of nitrogens with zero attached hydrogens (tertiary/aromatic N) is 1. The molecule has 2 aliphatic carbocycles. The van der Waals surface area contributed by atoms with Crippen LogP contribution in [0.15, 0.2) is 18.3 Å². The standard InChI is InChI=1S/C17H24N2O2/c1-12-2-9-17(18-11-12)21-15-7-5-14(6-8-15)19-16(20)10-13-3-4-13/h2,9,11,13-15H,3-8,10H2,1H3,(H,19,20). The summed E-state index contributed by atoms with van der Waals surface area (Å²) in [5.74, 6) is 1.61. The second kappa shape index (κ2) is 6.46. The second-order valence-corrected chi connectivity index (χ2v) is 6.48. The molecule has 114 valence electrons. The van der Waals surface area contributed by atoms with E-state index in [1.807, 2.05) is 25.3 Å². The van der Waals surface area contributed by atoms with Crippen molar-refractivity contribution in [2.45, 2.75) is 64.0 Å². The van der Waals surface area contributed by atoms with Crippen molar-refractivity contribution in [1.82, 2.24) is 10.3 Å². The van der Waals surface area contributed by atoms with Crippen molar-refractivity contribution in [2.75, 3.05) is 0 Å². The normalized spacial score (nSPS) is 25.4. The maximum Gasteiger partial charge on any atom is 0.220 e. The highest BCUT2D eigenvalue weighted by Crippen LogP contribution is 2.32. The minimum atomic E-state index is 0.233. The van der Waals surface area contributed by atoms with E-state index in [4.69, 9.17) is 4.74 Å². The van der Waals surface area contributed by atoms with Gasteiger partial charge >= 0.3 is 0 Å². The molecule has 1 aromatic rings. The second-order valence-electron chi connectivity index (χ2n) is 6.48. The quantitative estimate of drug-likeness (QED) is 0.906. The number of amides is 1. The Balaban J connectivity index is 1.40. The van der Waals surface area contributed by atoms with E-state index in [1.165, 1.54) is 12.8 Å². The van der Waals surface area contributed by atoms with Gasteiger partial charge in [-0.1, -0.05) is 6.07 Å². The summed E-state index contributed by atoms with van der Waals surface area (Å²) in [4.78, 5) is 16.1. The van der Waals surface area contributed by atoms with Gasteiger partial charge in [-0.15, -0.1) is 0 Å². The average Bonchev–Trinajstić information content (AvgIpc) is 3.27. The molecular formula is C17H24N2O2. The van der Waals surface area contributed by atoms with Crippen molar-refractivity contribution < 1.29 is 9.53 Å². The molecule has 0 aromatic carbocycles. The van der Waals surface area contributed by atoms with Crippen molar-refractivity contribution in [1.29, 1.82) is 0 Å². The van der Waals surface area contributed by atoms with E-state index in [2.05, 4.69) is 10.3 Å². The molecule has 0 saturated heterocycles. The van der Waals surface area contributed by atoms with Crippen molar-refractivity contribution in [3.8, 4) is 5.88 Å². The maximum absolute atomic E-state index is 11.8. The van der Waals surface area contributed by atoms with Gasteiger partial charge in [0.1, 0.15) is 6.10 Å². The molecule has 4 nitrogen and oxygen atoms in total. The predicted octanol–water partition coefficient (Wildman–Crippen LogP) is 3.00. The summed E-state index contributed by atoms with van der Waals surface area (Å²) in [6, 6.07) is 4.28. The van der Waals surface area contributed by atoms with Crippen LogP contribution in [-0.2, 0) is 4.79 Å². The van der Waals surface area contributed by atoms with Crippen LogP contribution in [0.5, 0.6) is 5.88 Å². The van der Waals surface area contributed by atoms with Crippen LogP contribution in [0, 0.1) is 12.8 Å². The number of rotatable bonds is 5. The molecule has 0 bridgehead atoms. The van der Waals surface area contributed by atoms with Crippen molar-refractivity contribution in [3.63, 3.8) is 0 Å². The SMILES string of the molecule is Cc1ccc(OC2CCC(NC(=O)CC3CC3)CC2)nc1. The van der Waals surface area contributed by atoms with E-state index in [9.17, 15) is 4.79 Å². The van der Waals surface area contributed by atoms with Gasteiger partial charge in [-0.2, -0.15) is 0 Å². The van der Waals surface area contributed by atoms with Crippen molar-refractivity contribution in [3.05, 3.63) is 23.9 Å². The fraction of sp³-hybridized carbons (Fsp3) is 0.647. The van der Waals surface area contributed by atoms with E-state index in [0.717, 1.165) is 37.7 Å². The number of ether oxygens (including phenoxy) is 1. The van der Waals surface area contributed by atoms with Crippen LogP contribution in [0.25, 0.3) is 0 Å². The highest BCUT2D eigenvalue weighted by Gasteiger charge is 2.27. The molecule has 0 radical (unpaired) electrons. The van der Waals surface area contributed by atoms with E-state index in [-0.39, 0.29) is 12.0 Å². The number of hydrogen-bond donors (Lipinski definition) is 1. The first-order valence-corrected chi connectivity index (χ1v) is 8.08.